The molecular weight excluding hydrogens is 408 g/mol. The van der Waals surface area contributed by atoms with Gasteiger partial charge in [0.05, 0.1) is 24.5 Å². The molecule has 2 aromatic heterocycles. The predicted molar refractivity (Wildman–Crippen MR) is 114 cm³/mol. The summed E-state index contributed by atoms with van der Waals surface area (Å²) in [4.78, 5) is 42.6. The van der Waals surface area contributed by atoms with Gasteiger partial charge in [0.15, 0.2) is 11.5 Å². The monoisotopic (exact) mass is 430 g/mol. The molecule has 0 bridgehead atoms. The zero-order valence-corrected chi connectivity index (χ0v) is 17.8. The Morgan fingerprint density at radius 3 is 2.40 bits per heavy atom. The number of aromatic nitrogens is 2. The van der Waals surface area contributed by atoms with Crippen molar-refractivity contribution >= 4 is 33.4 Å². The Balaban J connectivity index is 2.44. The summed E-state index contributed by atoms with van der Waals surface area (Å²) in [6, 6.07) is 4.11. The number of amides is 2. The molecule has 0 fully saturated rings. The third-order valence-electron chi connectivity index (χ3n) is 4.89. The molecule has 158 valence electrons. The van der Waals surface area contributed by atoms with E-state index in [1.807, 2.05) is 0 Å². The van der Waals surface area contributed by atoms with Crippen molar-refractivity contribution in [2.75, 3.05) is 14.2 Å². The van der Waals surface area contributed by atoms with Crippen LogP contribution >= 0.6 is 11.3 Å². The van der Waals surface area contributed by atoms with Gasteiger partial charge in [-0.05, 0) is 37.1 Å². The zero-order chi connectivity index (χ0) is 22.2. The minimum atomic E-state index is -0.922. The molecule has 30 heavy (non-hydrogen) atoms. The van der Waals surface area contributed by atoms with Crippen LogP contribution in [0.4, 0.5) is 0 Å². The summed E-state index contributed by atoms with van der Waals surface area (Å²) in [5.41, 5.74) is 11.5. The average molecular weight is 430 g/mol. The lowest BCUT2D eigenvalue weighted by Gasteiger charge is -2.20. The standard InChI is InChI=1S/C20H22N4O5S/c1-5-11(16(21)25)24-18(10-6-7-12(28-3)13(8-10)29-4)23-19-14(20(24)27)9(2)15(30-19)17(22)26/h6-8,11H,5H2,1-4H3,(H2,21,25)(H2,22,26). The molecule has 10 heteroatoms. The van der Waals surface area contributed by atoms with Gasteiger partial charge < -0.3 is 20.9 Å². The van der Waals surface area contributed by atoms with Crippen LogP contribution in [0.15, 0.2) is 23.0 Å². The maximum Gasteiger partial charge on any atom is 0.263 e. The second-order valence-corrected chi connectivity index (χ2v) is 7.61. The number of primary amides is 2. The molecular formula is C20H22N4O5S. The number of rotatable bonds is 7. The number of carbonyl (C=O) groups excluding carboxylic acids is 2. The number of ether oxygens (including phenoxy) is 2. The van der Waals surface area contributed by atoms with Crippen molar-refractivity contribution < 1.29 is 19.1 Å². The summed E-state index contributed by atoms with van der Waals surface area (Å²) in [6.45, 7) is 3.38. The number of benzene rings is 1. The number of fused-ring (bicyclic) bond motifs is 1. The van der Waals surface area contributed by atoms with E-state index in [-0.39, 0.29) is 22.5 Å². The first-order chi connectivity index (χ1) is 14.2. The quantitative estimate of drug-likeness (QED) is 0.587. The van der Waals surface area contributed by atoms with Gasteiger partial charge >= 0.3 is 0 Å². The summed E-state index contributed by atoms with van der Waals surface area (Å²) in [6.07, 6.45) is 0.286. The minimum absolute atomic E-state index is 0.233. The average Bonchev–Trinajstić information content (AvgIpc) is 3.06. The van der Waals surface area contributed by atoms with E-state index in [2.05, 4.69) is 4.98 Å². The van der Waals surface area contributed by atoms with Crippen LogP contribution in [0.25, 0.3) is 21.6 Å². The molecule has 2 amide bonds. The number of methoxy groups -OCH3 is 2. The maximum absolute atomic E-state index is 13.5. The van der Waals surface area contributed by atoms with Crippen LogP contribution in [0.3, 0.4) is 0 Å². The Morgan fingerprint density at radius 1 is 1.20 bits per heavy atom. The largest absolute Gasteiger partial charge is 0.493 e. The van der Waals surface area contributed by atoms with E-state index >= 15 is 0 Å². The Morgan fingerprint density at radius 2 is 1.87 bits per heavy atom. The Labute approximate surface area is 176 Å². The molecule has 4 N–H and O–H groups in total. The first-order valence-electron chi connectivity index (χ1n) is 9.12. The second-order valence-electron chi connectivity index (χ2n) is 6.61. The van der Waals surface area contributed by atoms with Crippen LogP contribution in [-0.2, 0) is 4.79 Å². The second kappa shape index (κ2) is 8.15. The van der Waals surface area contributed by atoms with Crippen LogP contribution in [0.5, 0.6) is 11.5 Å². The molecule has 9 nitrogen and oxygen atoms in total. The first-order valence-corrected chi connectivity index (χ1v) is 9.93. The van der Waals surface area contributed by atoms with Crippen molar-refractivity contribution in [3.05, 3.63) is 39.0 Å². The van der Waals surface area contributed by atoms with Gasteiger partial charge in [-0.3, -0.25) is 19.0 Å². The number of hydrogen-bond donors (Lipinski definition) is 2. The van der Waals surface area contributed by atoms with Gasteiger partial charge in [0, 0.05) is 5.56 Å². The molecule has 3 rings (SSSR count). The Bertz CT molecular complexity index is 1210. The fourth-order valence-electron chi connectivity index (χ4n) is 3.41. The molecule has 3 aromatic rings. The van der Waals surface area contributed by atoms with Gasteiger partial charge in [-0.1, -0.05) is 6.92 Å². The summed E-state index contributed by atoms with van der Waals surface area (Å²) < 4.78 is 11.9. The topological polar surface area (TPSA) is 140 Å². The van der Waals surface area contributed by atoms with Crippen molar-refractivity contribution in [3.8, 4) is 22.9 Å². The van der Waals surface area contributed by atoms with Gasteiger partial charge in [-0.25, -0.2) is 4.98 Å². The number of thiophene rings is 1. The van der Waals surface area contributed by atoms with E-state index in [4.69, 9.17) is 20.9 Å². The van der Waals surface area contributed by atoms with Crippen LogP contribution in [0.2, 0.25) is 0 Å². The van der Waals surface area contributed by atoms with E-state index < -0.39 is 23.4 Å². The van der Waals surface area contributed by atoms with Crippen molar-refractivity contribution in [1.29, 1.82) is 0 Å². The van der Waals surface area contributed by atoms with E-state index in [9.17, 15) is 14.4 Å². The summed E-state index contributed by atoms with van der Waals surface area (Å²) in [5.74, 6) is -0.137. The molecule has 2 heterocycles. The van der Waals surface area contributed by atoms with Crippen molar-refractivity contribution in [1.82, 2.24) is 9.55 Å². The molecule has 0 aliphatic carbocycles. The number of aryl methyl sites for hydroxylation is 1. The number of nitrogens with two attached hydrogens (primary N) is 2. The predicted octanol–water partition coefficient (Wildman–Crippen LogP) is 1.99. The fourth-order valence-corrected chi connectivity index (χ4v) is 4.43. The number of nitrogens with zero attached hydrogens (tertiary/aromatic N) is 2. The zero-order valence-electron chi connectivity index (χ0n) is 17.0. The maximum atomic E-state index is 13.5. The highest BCUT2D eigenvalue weighted by Gasteiger charge is 2.27. The summed E-state index contributed by atoms with van der Waals surface area (Å²) in [7, 11) is 3.00. The van der Waals surface area contributed by atoms with Crippen LogP contribution < -0.4 is 26.5 Å². The van der Waals surface area contributed by atoms with Gasteiger partial charge in [0.1, 0.15) is 16.7 Å². The molecule has 0 aliphatic heterocycles. The molecule has 1 aromatic carbocycles. The van der Waals surface area contributed by atoms with Crippen molar-refractivity contribution in [2.45, 2.75) is 26.3 Å². The van der Waals surface area contributed by atoms with E-state index in [1.165, 1.54) is 18.8 Å². The molecule has 0 radical (unpaired) electrons. The molecule has 1 unspecified atom stereocenters. The highest BCUT2D eigenvalue weighted by Crippen LogP contribution is 2.34. The molecule has 1 atom stereocenters. The normalized spacial score (nSPS) is 12.0. The molecule has 0 saturated carbocycles. The van der Waals surface area contributed by atoms with Crippen LogP contribution in [0, 0.1) is 6.92 Å². The highest BCUT2D eigenvalue weighted by molar-refractivity contribution is 7.20. The smallest absolute Gasteiger partial charge is 0.263 e. The molecule has 0 saturated heterocycles. The Hall–Kier alpha value is -3.40. The van der Waals surface area contributed by atoms with Gasteiger partial charge in [-0.15, -0.1) is 11.3 Å². The molecule has 0 spiro atoms. The number of carbonyl (C=O) groups is 2. The minimum Gasteiger partial charge on any atom is -0.493 e. The highest BCUT2D eigenvalue weighted by atomic mass is 32.1. The third-order valence-corrected chi connectivity index (χ3v) is 6.09. The SMILES string of the molecule is CCC(C(N)=O)n1c(-c2ccc(OC)c(OC)c2)nc2sc(C(N)=O)c(C)c2c1=O. The van der Waals surface area contributed by atoms with Crippen LogP contribution in [0.1, 0.15) is 34.6 Å². The lowest BCUT2D eigenvalue weighted by molar-refractivity contribution is -0.121. The van der Waals surface area contributed by atoms with Gasteiger partial charge in [0.25, 0.3) is 11.5 Å². The van der Waals surface area contributed by atoms with Crippen molar-refractivity contribution in [3.63, 3.8) is 0 Å². The molecule has 0 aliphatic rings. The summed E-state index contributed by atoms with van der Waals surface area (Å²) >= 11 is 1.04. The van der Waals surface area contributed by atoms with Gasteiger partial charge in [-0.2, -0.15) is 0 Å². The van der Waals surface area contributed by atoms with E-state index in [0.29, 0.717) is 27.5 Å². The number of hydrogen-bond acceptors (Lipinski definition) is 7. The summed E-state index contributed by atoms with van der Waals surface area (Å²) in [5, 5.41) is 0.248. The van der Waals surface area contributed by atoms with Crippen molar-refractivity contribution in [2.24, 2.45) is 11.5 Å². The van der Waals surface area contributed by atoms with E-state index in [1.54, 1.807) is 32.0 Å². The fraction of sp³-hybridized carbons (Fsp3) is 0.300. The third kappa shape index (κ3) is 3.39. The van der Waals surface area contributed by atoms with Crippen LogP contribution in [-0.4, -0.2) is 35.6 Å². The van der Waals surface area contributed by atoms with Gasteiger partial charge in [0.2, 0.25) is 5.91 Å². The lowest BCUT2D eigenvalue weighted by atomic mass is 10.1. The lowest BCUT2D eigenvalue weighted by Crippen LogP contribution is -2.35. The first kappa shape index (κ1) is 21.3. The Kier molecular flexibility index (Phi) is 5.79. The van der Waals surface area contributed by atoms with E-state index in [0.717, 1.165) is 11.3 Å².